The zero-order chi connectivity index (χ0) is 14.5. The van der Waals surface area contributed by atoms with Crippen LogP contribution in [0, 0.1) is 0 Å². The van der Waals surface area contributed by atoms with E-state index in [2.05, 4.69) is 62.5 Å². The lowest BCUT2D eigenvalue weighted by atomic mass is 9.98. The van der Waals surface area contributed by atoms with E-state index in [1.165, 1.54) is 17.5 Å². The van der Waals surface area contributed by atoms with Gasteiger partial charge in [0.25, 0.3) is 0 Å². The average molecular weight is 288 g/mol. The normalized spacial score (nSPS) is 13.8. The third kappa shape index (κ3) is 3.77. The molecule has 0 saturated heterocycles. The quantitative estimate of drug-likeness (QED) is 0.708. The van der Waals surface area contributed by atoms with Crippen LogP contribution in [0.25, 0.3) is 0 Å². The van der Waals surface area contributed by atoms with Gasteiger partial charge in [0.1, 0.15) is 0 Å². The second kappa shape index (κ2) is 6.81. The van der Waals surface area contributed by atoms with Crippen LogP contribution < -0.4 is 5.32 Å². The van der Waals surface area contributed by atoms with Crippen LogP contribution >= 0.6 is 11.6 Å². The van der Waals surface area contributed by atoms with Crippen molar-refractivity contribution in [1.29, 1.82) is 0 Å². The maximum atomic E-state index is 5.92. The molecule has 2 aromatic carbocycles. The minimum atomic E-state index is 0.265. The van der Waals surface area contributed by atoms with Crippen LogP contribution in [0.2, 0.25) is 5.02 Å². The van der Waals surface area contributed by atoms with Crippen LogP contribution in [0.5, 0.6) is 0 Å². The summed E-state index contributed by atoms with van der Waals surface area (Å²) in [7, 11) is 0. The van der Waals surface area contributed by atoms with Crippen molar-refractivity contribution in [2.75, 3.05) is 5.32 Å². The highest BCUT2D eigenvalue weighted by molar-refractivity contribution is 6.30. The zero-order valence-corrected chi connectivity index (χ0v) is 13.1. The molecule has 2 heteroatoms. The Labute approximate surface area is 127 Å². The summed E-state index contributed by atoms with van der Waals surface area (Å²) >= 11 is 5.92. The molecule has 0 heterocycles. The maximum Gasteiger partial charge on any atom is 0.0485 e. The predicted molar refractivity (Wildman–Crippen MR) is 88.6 cm³/mol. The lowest BCUT2D eigenvalue weighted by molar-refractivity contribution is 0.733. The average Bonchev–Trinajstić information content (AvgIpc) is 2.48. The maximum absolute atomic E-state index is 5.92. The molecule has 2 atom stereocenters. The van der Waals surface area contributed by atoms with E-state index in [1.54, 1.807) is 0 Å². The van der Waals surface area contributed by atoms with Gasteiger partial charge in [-0.25, -0.2) is 0 Å². The van der Waals surface area contributed by atoms with Gasteiger partial charge in [-0.05, 0) is 54.7 Å². The number of hydrogen-bond acceptors (Lipinski definition) is 1. The van der Waals surface area contributed by atoms with Crippen LogP contribution in [0.15, 0.2) is 48.5 Å². The first-order valence-electron chi connectivity index (χ1n) is 7.22. The van der Waals surface area contributed by atoms with Gasteiger partial charge in [-0.15, -0.1) is 0 Å². The summed E-state index contributed by atoms with van der Waals surface area (Å²) < 4.78 is 0. The monoisotopic (exact) mass is 287 g/mol. The highest BCUT2D eigenvalue weighted by Gasteiger charge is 2.06. The van der Waals surface area contributed by atoms with Crippen molar-refractivity contribution >= 4 is 17.3 Å². The molecule has 0 radical (unpaired) electrons. The zero-order valence-electron chi connectivity index (χ0n) is 12.4. The smallest absolute Gasteiger partial charge is 0.0485 e. The van der Waals surface area contributed by atoms with Gasteiger partial charge in [0.05, 0.1) is 0 Å². The molecule has 0 fully saturated rings. The second-order valence-electron chi connectivity index (χ2n) is 5.35. The summed E-state index contributed by atoms with van der Waals surface area (Å²) in [6, 6.07) is 17.0. The van der Waals surface area contributed by atoms with Gasteiger partial charge in [-0.2, -0.15) is 0 Å². The summed E-state index contributed by atoms with van der Waals surface area (Å²) in [6.45, 7) is 6.64. The number of nitrogens with one attached hydrogen (secondary N) is 1. The Balaban J connectivity index is 2.04. The molecule has 2 unspecified atom stereocenters. The molecule has 0 aliphatic heterocycles. The fourth-order valence-electron chi connectivity index (χ4n) is 2.23. The van der Waals surface area contributed by atoms with E-state index in [-0.39, 0.29) is 6.04 Å². The third-order valence-corrected chi connectivity index (χ3v) is 4.10. The lowest BCUT2D eigenvalue weighted by Gasteiger charge is -2.17. The highest BCUT2D eigenvalue weighted by Crippen LogP contribution is 2.24. The van der Waals surface area contributed by atoms with Crippen LogP contribution in [0.4, 0.5) is 5.69 Å². The van der Waals surface area contributed by atoms with E-state index in [0.29, 0.717) is 5.92 Å². The summed E-state index contributed by atoms with van der Waals surface area (Å²) in [4.78, 5) is 0. The fourth-order valence-corrected chi connectivity index (χ4v) is 2.35. The molecule has 106 valence electrons. The van der Waals surface area contributed by atoms with Gasteiger partial charge in [-0.3, -0.25) is 0 Å². The Hall–Kier alpha value is -1.47. The van der Waals surface area contributed by atoms with E-state index >= 15 is 0 Å². The molecule has 0 aliphatic rings. The summed E-state index contributed by atoms with van der Waals surface area (Å²) in [5.41, 5.74) is 3.79. The molecule has 2 rings (SSSR count). The summed E-state index contributed by atoms with van der Waals surface area (Å²) in [5.74, 6) is 0.623. The molecule has 0 amide bonds. The number of halogens is 1. The Morgan fingerprint density at radius 2 is 1.45 bits per heavy atom. The minimum absolute atomic E-state index is 0.265. The first-order valence-corrected chi connectivity index (χ1v) is 7.60. The van der Waals surface area contributed by atoms with E-state index in [0.717, 1.165) is 10.7 Å². The van der Waals surface area contributed by atoms with Crippen LogP contribution in [0.1, 0.15) is 50.3 Å². The fraction of sp³-hybridized carbons (Fsp3) is 0.333. The SMILES string of the molecule is CCC(C)c1ccc(NC(C)c2ccc(Cl)cc2)cc1. The molecule has 0 saturated carbocycles. The van der Waals surface area contributed by atoms with Crippen LogP contribution in [-0.4, -0.2) is 0 Å². The summed E-state index contributed by atoms with van der Waals surface area (Å²) in [5, 5.41) is 4.30. The van der Waals surface area contributed by atoms with E-state index < -0.39 is 0 Å². The molecule has 0 aromatic heterocycles. The van der Waals surface area contributed by atoms with Crippen molar-refractivity contribution in [3.63, 3.8) is 0 Å². The molecule has 1 nitrogen and oxygen atoms in total. The van der Waals surface area contributed by atoms with Crippen LogP contribution in [0.3, 0.4) is 0 Å². The van der Waals surface area contributed by atoms with Gasteiger partial charge in [-0.1, -0.05) is 49.7 Å². The number of hydrogen-bond donors (Lipinski definition) is 1. The third-order valence-electron chi connectivity index (χ3n) is 3.85. The summed E-state index contributed by atoms with van der Waals surface area (Å²) in [6.07, 6.45) is 1.17. The van der Waals surface area contributed by atoms with Gasteiger partial charge >= 0.3 is 0 Å². The van der Waals surface area contributed by atoms with Crippen molar-refractivity contribution in [3.05, 3.63) is 64.7 Å². The Kier molecular flexibility index (Phi) is 5.08. The van der Waals surface area contributed by atoms with E-state index in [1.807, 2.05) is 12.1 Å². The van der Waals surface area contributed by atoms with Gasteiger partial charge in [0.15, 0.2) is 0 Å². The number of benzene rings is 2. The standard InChI is InChI=1S/C18H22ClN/c1-4-13(2)15-7-11-18(12-8-15)20-14(3)16-5-9-17(19)10-6-16/h5-14,20H,4H2,1-3H3. The minimum Gasteiger partial charge on any atom is -0.379 e. The van der Waals surface area contributed by atoms with Gasteiger partial charge in [0, 0.05) is 16.8 Å². The van der Waals surface area contributed by atoms with Gasteiger partial charge < -0.3 is 5.32 Å². The van der Waals surface area contributed by atoms with E-state index in [4.69, 9.17) is 11.6 Å². The van der Waals surface area contributed by atoms with Crippen molar-refractivity contribution in [1.82, 2.24) is 0 Å². The molecule has 1 N–H and O–H groups in total. The van der Waals surface area contributed by atoms with Crippen LogP contribution in [-0.2, 0) is 0 Å². The first-order chi connectivity index (χ1) is 9.60. The number of rotatable bonds is 5. The van der Waals surface area contributed by atoms with Crippen molar-refractivity contribution in [2.24, 2.45) is 0 Å². The first kappa shape index (κ1) is 14.9. The largest absolute Gasteiger partial charge is 0.379 e. The Morgan fingerprint density at radius 3 is 2.00 bits per heavy atom. The lowest BCUT2D eigenvalue weighted by Crippen LogP contribution is -2.06. The molecule has 0 spiro atoms. The molecule has 0 aliphatic carbocycles. The van der Waals surface area contributed by atoms with Crippen molar-refractivity contribution in [3.8, 4) is 0 Å². The van der Waals surface area contributed by atoms with E-state index in [9.17, 15) is 0 Å². The Morgan fingerprint density at radius 1 is 0.900 bits per heavy atom. The molecular weight excluding hydrogens is 266 g/mol. The van der Waals surface area contributed by atoms with Gasteiger partial charge in [0.2, 0.25) is 0 Å². The molecular formula is C18H22ClN. The highest BCUT2D eigenvalue weighted by atomic mass is 35.5. The molecule has 20 heavy (non-hydrogen) atoms. The second-order valence-corrected chi connectivity index (χ2v) is 5.79. The topological polar surface area (TPSA) is 12.0 Å². The Bertz CT molecular complexity index is 530. The van der Waals surface area contributed by atoms with Crippen molar-refractivity contribution in [2.45, 2.75) is 39.2 Å². The predicted octanol–water partition coefficient (Wildman–Crippen LogP) is 6.03. The number of anilines is 1. The van der Waals surface area contributed by atoms with Crippen molar-refractivity contribution < 1.29 is 0 Å². The molecule has 0 bridgehead atoms. The molecule has 2 aromatic rings.